The van der Waals surface area contributed by atoms with Crippen LogP contribution in [0.4, 0.5) is 10.1 Å². The van der Waals surface area contributed by atoms with E-state index in [2.05, 4.69) is 28.2 Å². The number of ether oxygens (including phenoxy) is 1. The summed E-state index contributed by atoms with van der Waals surface area (Å²) >= 11 is 3.44. The fourth-order valence-corrected chi connectivity index (χ4v) is 2.36. The molecule has 0 fully saturated rings. The first kappa shape index (κ1) is 15.8. The molecule has 0 bridgehead atoms. The van der Waals surface area contributed by atoms with Crippen LogP contribution in [0.3, 0.4) is 0 Å². The quantitative estimate of drug-likeness (QED) is 0.762. The lowest BCUT2D eigenvalue weighted by atomic mass is 10.2. The summed E-state index contributed by atoms with van der Waals surface area (Å²) in [5.41, 5.74) is 2.95. The van der Waals surface area contributed by atoms with Crippen molar-refractivity contribution in [1.82, 2.24) is 0 Å². The molecule has 2 rings (SSSR count). The first-order valence-electron chi connectivity index (χ1n) is 7.01. The Balaban J connectivity index is 2.13. The highest BCUT2D eigenvalue weighted by atomic mass is 79.9. The monoisotopic (exact) mass is 351 g/mol. The Morgan fingerprint density at radius 3 is 2.76 bits per heavy atom. The van der Waals surface area contributed by atoms with Crippen LogP contribution in [0.25, 0.3) is 0 Å². The van der Waals surface area contributed by atoms with Crippen LogP contribution in [0, 0.1) is 12.7 Å². The first-order valence-corrected chi connectivity index (χ1v) is 7.80. The van der Waals surface area contributed by atoms with Crippen LogP contribution in [0.15, 0.2) is 40.9 Å². The van der Waals surface area contributed by atoms with E-state index in [4.69, 9.17) is 4.74 Å². The van der Waals surface area contributed by atoms with Crippen molar-refractivity contribution in [3.63, 3.8) is 0 Å². The Kier molecular flexibility index (Phi) is 5.62. The van der Waals surface area contributed by atoms with Gasteiger partial charge in [-0.15, -0.1) is 0 Å². The number of hydrogen-bond acceptors (Lipinski definition) is 2. The largest absolute Gasteiger partial charge is 0.491 e. The van der Waals surface area contributed by atoms with E-state index in [9.17, 15) is 4.39 Å². The molecule has 0 aliphatic heterocycles. The molecule has 0 amide bonds. The molecule has 0 spiro atoms. The molecule has 2 nitrogen and oxygen atoms in total. The van der Waals surface area contributed by atoms with E-state index in [0.717, 1.165) is 33.5 Å². The maximum absolute atomic E-state index is 13.3. The van der Waals surface area contributed by atoms with Crippen LogP contribution in [0.1, 0.15) is 24.5 Å². The Labute approximate surface area is 133 Å². The summed E-state index contributed by atoms with van der Waals surface area (Å²) in [7, 11) is 0. The standard InChI is InChI=1S/C17H19BrFNO/c1-3-8-21-17-9-12(2)4-7-16(17)20-11-13-10-14(19)5-6-15(13)18/h4-7,9-10,20H,3,8,11H2,1-2H3. The number of halogens is 2. The van der Waals surface area contributed by atoms with Crippen molar-refractivity contribution in [3.8, 4) is 5.75 Å². The van der Waals surface area contributed by atoms with Crippen molar-refractivity contribution < 1.29 is 9.13 Å². The zero-order valence-electron chi connectivity index (χ0n) is 12.2. The third-order valence-corrected chi connectivity index (χ3v) is 3.85. The maximum Gasteiger partial charge on any atom is 0.142 e. The normalized spacial score (nSPS) is 10.5. The summed E-state index contributed by atoms with van der Waals surface area (Å²) in [6, 6.07) is 10.7. The topological polar surface area (TPSA) is 21.3 Å². The fraction of sp³-hybridized carbons (Fsp3) is 0.294. The van der Waals surface area contributed by atoms with E-state index in [0.29, 0.717) is 13.2 Å². The summed E-state index contributed by atoms with van der Waals surface area (Å²) in [6.07, 6.45) is 0.961. The minimum atomic E-state index is -0.235. The molecule has 21 heavy (non-hydrogen) atoms. The summed E-state index contributed by atoms with van der Waals surface area (Å²) in [4.78, 5) is 0. The van der Waals surface area contributed by atoms with E-state index >= 15 is 0 Å². The Bertz CT molecular complexity index is 616. The van der Waals surface area contributed by atoms with Crippen molar-refractivity contribution in [2.75, 3.05) is 11.9 Å². The minimum Gasteiger partial charge on any atom is -0.491 e. The molecule has 4 heteroatoms. The molecule has 0 radical (unpaired) electrons. The van der Waals surface area contributed by atoms with Crippen molar-refractivity contribution in [2.24, 2.45) is 0 Å². The molecule has 0 unspecified atom stereocenters. The van der Waals surface area contributed by atoms with Crippen LogP contribution in [0.2, 0.25) is 0 Å². The van der Waals surface area contributed by atoms with Gasteiger partial charge in [-0.25, -0.2) is 4.39 Å². The average Bonchev–Trinajstić information content (AvgIpc) is 2.47. The predicted octanol–water partition coefficient (Wildman–Crippen LogP) is 5.30. The van der Waals surface area contributed by atoms with Gasteiger partial charge in [-0.1, -0.05) is 28.9 Å². The van der Waals surface area contributed by atoms with E-state index in [1.165, 1.54) is 12.1 Å². The maximum atomic E-state index is 13.3. The molecule has 0 aromatic heterocycles. The third kappa shape index (κ3) is 4.46. The smallest absolute Gasteiger partial charge is 0.142 e. The Morgan fingerprint density at radius 2 is 2.00 bits per heavy atom. The second-order valence-electron chi connectivity index (χ2n) is 4.94. The van der Waals surface area contributed by atoms with Crippen molar-refractivity contribution >= 4 is 21.6 Å². The van der Waals surface area contributed by atoms with Gasteiger partial charge >= 0.3 is 0 Å². The number of anilines is 1. The molecule has 0 saturated heterocycles. The van der Waals surface area contributed by atoms with Crippen molar-refractivity contribution in [2.45, 2.75) is 26.8 Å². The van der Waals surface area contributed by atoms with Gasteiger partial charge in [0.15, 0.2) is 0 Å². The van der Waals surface area contributed by atoms with Gasteiger partial charge in [-0.2, -0.15) is 0 Å². The average molecular weight is 352 g/mol. The molecule has 0 heterocycles. The molecule has 112 valence electrons. The molecule has 2 aromatic carbocycles. The summed E-state index contributed by atoms with van der Waals surface area (Å²) in [5, 5.41) is 3.31. The zero-order valence-corrected chi connectivity index (χ0v) is 13.8. The number of nitrogens with one attached hydrogen (secondary N) is 1. The van der Waals surface area contributed by atoms with Crippen LogP contribution < -0.4 is 10.1 Å². The molecule has 2 aromatic rings. The molecule has 0 aliphatic rings. The highest BCUT2D eigenvalue weighted by Crippen LogP contribution is 2.27. The van der Waals surface area contributed by atoms with Crippen LogP contribution >= 0.6 is 15.9 Å². The predicted molar refractivity (Wildman–Crippen MR) is 88.4 cm³/mol. The third-order valence-electron chi connectivity index (χ3n) is 3.08. The molecule has 0 atom stereocenters. The lowest BCUT2D eigenvalue weighted by Crippen LogP contribution is -2.04. The highest BCUT2D eigenvalue weighted by molar-refractivity contribution is 9.10. The van der Waals surface area contributed by atoms with Gasteiger partial charge in [0.2, 0.25) is 0 Å². The highest BCUT2D eigenvalue weighted by Gasteiger charge is 2.06. The lowest BCUT2D eigenvalue weighted by Gasteiger charge is -2.14. The summed E-state index contributed by atoms with van der Waals surface area (Å²) in [5.74, 6) is 0.603. The van der Waals surface area contributed by atoms with E-state index in [1.54, 1.807) is 6.07 Å². The fourth-order valence-electron chi connectivity index (χ4n) is 1.98. The van der Waals surface area contributed by atoms with E-state index in [-0.39, 0.29) is 5.82 Å². The SMILES string of the molecule is CCCOc1cc(C)ccc1NCc1cc(F)ccc1Br. The van der Waals surface area contributed by atoms with Gasteiger partial charge in [-0.05, 0) is 54.8 Å². The Morgan fingerprint density at radius 1 is 1.19 bits per heavy atom. The van der Waals surface area contributed by atoms with E-state index in [1.807, 2.05) is 25.1 Å². The van der Waals surface area contributed by atoms with Crippen LogP contribution in [0.5, 0.6) is 5.75 Å². The van der Waals surface area contributed by atoms with E-state index < -0.39 is 0 Å². The second-order valence-corrected chi connectivity index (χ2v) is 5.79. The first-order chi connectivity index (χ1) is 10.1. The van der Waals surface area contributed by atoms with Crippen molar-refractivity contribution in [3.05, 3.63) is 57.8 Å². The number of rotatable bonds is 6. The van der Waals surface area contributed by atoms with Gasteiger partial charge in [0.25, 0.3) is 0 Å². The van der Waals surface area contributed by atoms with Gasteiger partial charge in [0.1, 0.15) is 11.6 Å². The molecule has 0 saturated carbocycles. The zero-order chi connectivity index (χ0) is 15.2. The van der Waals surface area contributed by atoms with Gasteiger partial charge in [-0.3, -0.25) is 0 Å². The summed E-state index contributed by atoms with van der Waals surface area (Å²) in [6.45, 7) is 5.32. The number of aryl methyl sites for hydroxylation is 1. The minimum absolute atomic E-state index is 0.235. The summed E-state index contributed by atoms with van der Waals surface area (Å²) < 4.78 is 19.9. The molecule has 1 N–H and O–H groups in total. The van der Waals surface area contributed by atoms with Crippen LogP contribution in [-0.4, -0.2) is 6.61 Å². The van der Waals surface area contributed by atoms with Gasteiger partial charge in [0, 0.05) is 11.0 Å². The second kappa shape index (κ2) is 7.46. The van der Waals surface area contributed by atoms with Crippen molar-refractivity contribution in [1.29, 1.82) is 0 Å². The number of hydrogen-bond donors (Lipinski definition) is 1. The molecular formula is C17H19BrFNO. The van der Waals surface area contributed by atoms with Gasteiger partial charge < -0.3 is 10.1 Å². The lowest BCUT2D eigenvalue weighted by molar-refractivity contribution is 0.318. The number of benzene rings is 2. The van der Waals surface area contributed by atoms with Gasteiger partial charge in [0.05, 0.1) is 12.3 Å². The Hall–Kier alpha value is -1.55. The molecule has 0 aliphatic carbocycles. The van der Waals surface area contributed by atoms with Crippen LogP contribution in [-0.2, 0) is 6.54 Å². The molecular weight excluding hydrogens is 333 g/mol.